The number of aliphatic imine (C=N–C) groups is 1. The van der Waals surface area contributed by atoms with Gasteiger partial charge < -0.3 is 26.4 Å². The van der Waals surface area contributed by atoms with E-state index in [4.69, 9.17) is 11.5 Å². The molecule has 1 fully saturated rings. The van der Waals surface area contributed by atoms with Gasteiger partial charge >= 0.3 is 6.09 Å². The van der Waals surface area contributed by atoms with E-state index in [-0.39, 0.29) is 30.9 Å². The highest BCUT2D eigenvalue weighted by Crippen LogP contribution is 2.19. The highest BCUT2D eigenvalue weighted by Gasteiger charge is 2.32. The molecule has 5 N–H and O–H groups in total. The third kappa shape index (κ3) is 6.91. The highest BCUT2D eigenvalue weighted by molar-refractivity contribution is 6.20. The summed E-state index contributed by atoms with van der Waals surface area (Å²) in [6, 6.07) is 6.63. The zero-order chi connectivity index (χ0) is 23.0. The molecule has 0 spiro atoms. The fraction of sp³-hybridized carbons (Fsp3) is 0.368. The molecule has 12 heteroatoms. The largest absolute Gasteiger partial charge is 0.443 e. The summed E-state index contributed by atoms with van der Waals surface area (Å²) in [5, 5.41) is 12.3. The molecule has 1 heterocycles. The minimum absolute atomic E-state index is 0.0465. The quantitative estimate of drug-likeness (QED) is 0.333. The van der Waals surface area contributed by atoms with Crippen molar-refractivity contribution in [2.24, 2.45) is 22.4 Å². The third-order valence-corrected chi connectivity index (χ3v) is 4.43. The van der Waals surface area contributed by atoms with Crippen LogP contribution in [0.4, 0.5) is 23.7 Å². The lowest BCUT2D eigenvalue weighted by atomic mass is 9.93. The Bertz CT molecular complexity index is 898. The van der Waals surface area contributed by atoms with Gasteiger partial charge in [0.1, 0.15) is 11.7 Å². The predicted molar refractivity (Wildman–Crippen MR) is 105 cm³/mol. The summed E-state index contributed by atoms with van der Waals surface area (Å²) >= 11 is 0. The first kappa shape index (κ1) is 23.5. The van der Waals surface area contributed by atoms with E-state index < -0.39 is 42.8 Å². The van der Waals surface area contributed by atoms with Crippen molar-refractivity contribution >= 4 is 23.5 Å². The number of nitrogens with two attached hydrogens (primary N) is 2. The van der Waals surface area contributed by atoms with Gasteiger partial charge in [0.25, 0.3) is 12.3 Å². The zero-order valence-corrected chi connectivity index (χ0v) is 16.3. The Morgan fingerprint density at radius 3 is 2.61 bits per heavy atom. The second kappa shape index (κ2) is 10.9. The lowest BCUT2D eigenvalue weighted by Crippen LogP contribution is -2.50. The van der Waals surface area contributed by atoms with Crippen LogP contribution in [0, 0.1) is 23.1 Å². The van der Waals surface area contributed by atoms with E-state index >= 15 is 0 Å². The molecular formula is C19H21F3N6O3. The highest BCUT2D eigenvalue weighted by atomic mass is 19.3. The molecule has 2 atom stereocenters. The molecule has 0 bridgehead atoms. The fourth-order valence-corrected chi connectivity index (χ4v) is 2.85. The summed E-state index contributed by atoms with van der Waals surface area (Å²) in [5.41, 5.74) is 11.3. The molecule has 9 nitrogen and oxygen atoms in total. The maximum Gasteiger partial charge on any atom is 0.410 e. The van der Waals surface area contributed by atoms with Crippen LogP contribution >= 0.6 is 0 Å². The number of alkyl halides is 2. The number of hydrogen-bond donors (Lipinski definition) is 3. The van der Waals surface area contributed by atoms with Crippen LogP contribution in [0.1, 0.15) is 6.42 Å². The number of likely N-dealkylation sites (tertiary alicyclic amines) is 1. The molecule has 1 saturated heterocycles. The number of halogens is 3. The molecule has 0 radical (unpaired) electrons. The van der Waals surface area contributed by atoms with Gasteiger partial charge in [-0.15, -0.1) is 0 Å². The van der Waals surface area contributed by atoms with Crippen molar-refractivity contribution in [1.82, 2.24) is 10.2 Å². The smallest absolute Gasteiger partial charge is 0.410 e. The summed E-state index contributed by atoms with van der Waals surface area (Å²) in [6.45, 7) is -0.919. The van der Waals surface area contributed by atoms with Gasteiger partial charge in [0.05, 0.1) is 23.2 Å². The first-order chi connectivity index (χ1) is 14.7. The number of primary amides is 1. The number of amides is 2. The van der Waals surface area contributed by atoms with Crippen molar-refractivity contribution in [3.8, 4) is 6.07 Å². The van der Waals surface area contributed by atoms with E-state index in [9.17, 15) is 28.0 Å². The molecule has 0 aromatic heterocycles. The monoisotopic (exact) mass is 438 g/mol. The van der Waals surface area contributed by atoms with Crippen molar-refractivity contribution in [2.45, 2.75) is 18.9 Å². The van der Waals surface area contributed by atoms with E-state index in [0.717, 1.165) is 4.90 Å². The molecule has 2 amide bonds. The van der Waals surface area contributed by atoms with E-state index in [1.54, 1.807) is 0 Å². The van der Waals surface area contributed by atoms with Gasteiger partial charge in [-0.3, -0.25) is 4.79 Å². The molecule has 0 saturated carbocycles. The minimum Gasteiger partial charge on any atom is -0.443 e. The SMILES string of the molecule is N#C[C@@H]1CN(C(=O)OCC(F)F)CC[C@H]1N/C=C(/C(N)=O)C(N)=Nc1ccc(F)cc1. The molecule has 2 rings (SSSR count). The number of piperidine rings is 1. The van der Waals surface area contributed by atoms with Crippen molar-refractivity contribution in [3.05, 3.63) is 41.9 Å². The molecule has 1 aromatic rings. The lowest BCUT2D eigenvalue weighted by molar-refractivity contribution is -0.114. The average molecular weight is 438 g/mol. The van der Waals surface area contributed by atoms with E-state index in [1.165, 1.54) is 30.5 Å². The van der Waals surface area contributed by atoms with Gasteiger partial charge in [-0.05, 0) is 30.7 Å². The van der Waals surface area contributed by atoms with Crippen LogP contribution in [0.15, 0.2) is 41.0 Å². The van der Waals surface area contributed by atoms with Crippen molar-refractivity contribution < 1.29 is 27.5 Å². The van der Waals surface area contributed by atoms with Gasteiger partial charge in [-0.2, -0.15) is 5.26 Å². The zero-order valence-electron chi connectivity index (χ0n) is 16.3. The molecule has 31 heavy (non-hydrogen) atoms. The van der Waals surface area contributed by atoms with E-state index in [1.807, 2.05) is 6.07 Å². The van der Waals surface area contributed by atoms with Crippen LogP contribution in [0.25, 0.3) is 0 Å². The second-order valence-corrected chi connectivity index (χ2v) is 6.61. The van der Waals surface area contributed by atoms with Crippen molar-refractivity contribution in [3.63, 3.8) is 0 Å². The fourth-order valence-electron chi connectivity index (χ4n) is 2.85. The first-order valence-corrected chi connectivity index (χ1v) is 9.16. The number of rotatable bonds is 7. The molecule has 166 valence electrons. The Kier molecular flexibility index (Phi) is 8.25. The van der Waals surface area contributed by atoms with Crippen LogP contribution in [0.3, 0.4) is 0 Å². The summed E-state index contributed by atoms with van der Waals surface area (Å²) in [6.07, 6.45) is -2.21. The Labute approximate surface area is 176 Å². The first-order valence-electron chi connectivity index (χ1n) is 9.16. The van der Waals surface area contributed by atoms with Gasteiger partial charge in [0.15, 0.2) is 6.61 Å². The minimum atomic E-state index is -2.78. The van der Waals surface area contributed by atoms with Gasteiger partial charge in [0.2, 0.25) is 0 Å². The molecule has 0 unspecified atom stereocenters. The number of benzene rings is 1. The van der Waals surface area contributed by atoms with Gasteiger partial charge in [-0.25, -0.2) is 23.0 Å². The number of hydrogen-bond acceptors (Lipinski definition) is 6. The standard InChI is InChI=1S/C19H21F3N6O3/c20-12-1-3-13(4-2-12)27-17(24)14(18(25)29)8-26-15-5-6-28(9-11(15)7-23)19(30)31-10-16(21)22/h1-4,8,11,15-16,26H,5-6,9-10H2,(H2,24,27)(H2,25,29)/b14-8+/t11-,15-/m1/s1. The van der Waals surface area contributed by atoms with Crippen LogP contribution in [-0.4, -0.2) is 54.9 Å². The number of carbonyl (C=O) groups excluding carboxylic acids is 2. The van der Waals surface area contributed by atoms with E-state index in [0.29, 0.717) is 5.69 Å². The third-order valence-electron chi connectivity index (χ3n) is 4.43. The Morgan fingerprint density at radius 1 is 1.35 bits per heavy atom. The Hall–Kier alpha value is -3.75. The second-order valence-electron chi connectivity index (χ2n) is 6.61. The van der Waals surface area contributed by atoms with Gasteiger partial charge in [-0.1, -0.05) is 0 Å². The Balaban J connectivity index is 2.07. The molecule has 0 aliphatic carbocycles. The number of nitriles is 1. The summed E-state index contributed by atoms with van der Waals surface area (Å²) in [5.74, 6) is -2.27. The summed E-state index contributed by atoms with van der Waals surface area (Å²) < 4.78 is 41.9. The van der Waals surface area contributed by atoms with Gasteiger partial charge in [0, 0.05) is 25.3 Å². The molecule has 1 aliphatic heterocycles. The molecular weight excluding hydrogens is 417 g/mol. The summed E-state index contributed by atoms with van der Waals surface area (Å²) in [7, 11) is 0. The van der Waals surface area contributed by atoms with Crippen LogP contribution < -0.4 is 16.8 Å². The van der Waals surface area contributed by atoms with Crippen LogP contribution in [0.2, 0.25) is 0 Å². The Morgan fingerprint density at radius 2 is 2.03 bits per heavy atom. The molecule has 1 aliphatic rings. The number of amidine groups is 1. The number of nitrogens with zero attached hydrogens (tertiary/aromatic N) is 3. The maximum absolute atomic E-state index is 13.0. The topological polar surface area (TPSA) is 147 Å². The number of ether oxygens (including phenoxy) is 1. The average Bonchev–Trinajstić information content (AvgIpc) is 2.73. The van der Waals surface area contributed by atoms with Crippen LogP contribution in [0.5, 0.6) is 0 Å². The number of nitrogens with one attached hydrogen (secondary N) is 1. The van der Waals surface area contributed by atoms with Crippen molar-refractivity contribution in [1.29, 1.82) is 5.26 Å². The predicted octanol–water partition coefficient (Wildman–Crippen LogP) is 1.39. The maximum atomic E-state index is 13.0. The number of carbonyl (C=O) groups is 2. The lowest BCUT2D eigenvalue weighted by Gasteiger charge is -2.35. The summed E-state index contributed by atoms with van der Waals surface area (Å²) in [4.78, 5) is 28.8. The van der Waals surface area contributed by atoms with Crippen LogP contribution in [-0.2, 0) is 9.53 Å². The van der Waals surface area contributed by atoms with Crippen molar-refractivity contribution in [2.75, 3.05) is 19.7 Å². The molecule has 1 aromatic carbocycles. The van der Waals surface area contributed by atoms with E-state index in [2.05, 4.69) is 15.0 Å². The normalized spacial score (nSPS) is 19.6.